The van der Waals surface area contributed by atoms with Crippen LogP contribution in [0.25, 0.3) is 11.3 Å². The molecule has 11 heteroatoms. The van der Waals surface area contributed by atoms with E-state index >= 15 is 4.39 Å². The van der Waals surface area contributed by atoms with Crippen LogP contribution in [0.3, 0.4) is 0 Å². The van der Waals surface area contributed by atoms with E-state index in [0.717, 1.165) is 86.1 Å². The highest BCUT2D eigenvalue weighted by atomic mass is 19.1. The number of aryl methyl sites for hydroxylation is 1. The molecule has 0 atom stereocenters. The molecule has 1 saturated heterocycles. The SMILES string of the molecule is C=CCCN(/C(=C/C)NC)c1ccc(CCN2CCN(c3ccc(Nc4cc(-c5cc(C)c(CN/C(=C/C)C(C=C)=NC(=C)C(C)(C)C)cc5F)ncn4)nc3)CC2)cc1.CC. The molecule has 0 spiro atoms. The Hall–Kier alpha value is -6.07. The van der Waals surface area contributed by atoms with Gasteiger partial charge in [0.25, 0.3) is 0 Å². The summed E-state index contributed by atoms with van der Waals surface area (Å²) in [5.41, 5.74) is 8.31. The lowest BCUT2D eigenvalue weighted by molar-refractivity contribution is 0.261. The molecule has 3 heterocycles. The van der Waals surface area contributed by atoms with Crippen molar-refractivity contribution in [1.82, 2.24) is 30.5 Å². The van der Waals surface area contributed by atoms with Gasteiger partial charge >= 0.3 is 0 Å². The number of aliphatic imine (C=N–C) groups is 1. The van der Waals surface area contributed by atoms with E-state index in [2.05, 4.69) is 129 Å². The molecular formula is C51H69FN10. The highest BCUT2D eigenvalue weighted by Gasteiger charge is 2.19. The fourth-order valence-corrected chi connectivity index (χ4v) is 6.92. The minimum atomic E-state index is -0.366. The van der Waals surface area contributed by atoms with Crippen molar-refractivity contribution in [3.63, 3.8) is 0 Å². The van der Waals surface area contributed by atoms with Gasteiger partial charge in [0.2, 0.25) is 0 Å². The number of hydrogen-bond donors (Lipinski definition) is 3. The third-order valence-corrected chi connectivity index (χ3v) is 10.8. The molecule has 2 aromatic heterocycles. The third-order valence-electron chi connectivity index (χ3n) is 10.8. The predicted octanol–water partition coefficient (Wildman–Crippen LogP) is 10.8. The Morgan fingerprint density at radius 2 is 1.66 bits per heavy atom. The zero-order chi connectivity index (χ0) is 45.2. The van der Waals surface area contributed by atoms with Gasteiger partial charge in [-0.25, -0.2) is 19.3 Å². The average Bonchev–Trinajstić information content (AvgIpc) is 3.28. The van der Waals surface area contributed by atoms with Crippen molar-refractivity contribution in [2.75, 3.05) is 61.4 Å². The summed E-state index contributed by atoms with van der Waals surface area (Å²) in [7, 11) is 1.96. The molecule has 2 aromatic carbocycles. The summed E-state index contributed by atoms with van der Waals surface area (Å²) in [6, 6.07) is 18.1. The van der Waals surface area contributed by atoms with E-state index in [4.69, 9.17) is 4.99 Å². The number of rotatable bonds is 19. The summed E-state index contributed by atoms with van der Waals surface area (Å²) in [6.07, 6.45) is 13.0. The van der Waals surface area contributed by atoms with Gasteiger partial charge in [-0.1, -0.05) is 72.1 Å². The second kappa shape index (κ2) is 23.8. The molecule has 62 heavy (non-hydrogen) atoms. The number of piperazine rings is 1. The van der Waals surface area contributed by atoms with E-state index in [-0.39, 0.29) is 11.2 Å². The van der Waals surface area contributed by atoms with Gasteiger partial charge in [0.05, 0.1) is 29.0 Å². The highest BCUT2D eigenvalue weighted by molar-refractivity contribution is 6.08. The lowest BCUT2D eigenvalue weighted by atomic mass is 9.93. The molecule has 4 aromatic rings. The van der Waals surface area contributed by atoms with Gasteiger partial charge in [-0.3, -0.25) is 9.89 Å². The average molecular weight is 841 g/mol. The quantitative estimate of drug-likeness (QED) is 0.0630. The number of benzene rings is 2. The summed E-state index contributed by atoms with van der Waals surface area (Å²) in [4.78, 5) is 25.4. The first kappa shape index (κ1) is 48.6. The molecule has 1 aliphatic heterocycles. The summed E-state index contributed by atoms with van der Waals surface area (Å²) in [5.74, 6) is 1.90. The van der Waals surface area contributed by atoms with E-state index in [1.807, 2.05) is 65.2 Å². The van der Waals surface area contributed by atoms with E-state index in [1.165, 1.54) is 17.6 Å². The largest absolute Gasteiger partial charge is 0.379 e. The van der Waals surface area contributed by atoms with Gasteiger partial charge in [-0.15, -0.1) is 6.58 Å². The number of halogens is 1. The van der Waals surface area contributed by atoms with E-state index in [0.29, 0.717) is 35.1 Å². The molecule has 330 valence electrons. The first-order valence-electron chi connectivity index (χ1n) is 21.8. The summed E-state index contributed by atoms with van der Waals surface area (Å²) in [5, 5.41) is 9.98. The normalized spacial score (nSPS) is 13.8. The molecule has 0 amide bonds. The first-order valence-corrected chi connectivity index (χ1v) is 21.8. The maximum absolute atomic E-state index is 15.7. The minimum Gasteiger partial charge on any atom is -0.379 e. The molecular weight excluding hydrogens is 772 g/mol. The highest BCUT2D eigenvalue weighted by Crippen LogP contribution is 2.28. The third kappa shape index (κ3) is 13.5. The first-order chi connectivity index (χ1) is 29.9. The fraction of sp³-hybridized carbons (Fsp3) is 0.373. The van der Waals surface area contributed by atoms with Gasteiger partial charge < -0.3 is 25.8 Å². The van der Waals surface area contributed by atoms with Crippen LogP contribution in [0.4, 0.5) is 27.4 Å². The Morgan fingerprint density at radius 1 is 0.935 bits per heavy atom. The molecule has 0 radical (unpaired) electrons. The molecule has 0 unspecified atom stereocenters. The Labute approximate surface area is 371 Å². The van der Waals surface area contributed by atoms with Gasteiger partial charge in [0, 0.05) is 81.3 Å². The maximum atomic E-state index is 15.7. The van der Waals surface area contributed by atoms with Crippen molar-refractivity contribution in [2.45, 2.75) is 74.8 Å². The smallest absolute Gasteiger partial charge is 0.135 e. The predicted molar refractivity (Wildman–Crippen MR) is 262 cm³/mol. The molecule has 10 nitrogen and oxygen atoms in total. The maximum Gasteiger partial charge on any atom is 0.135 e. The van der Waals surface area contributed by atoms with Gasteiger partial charge in [-0.05, 0) is 98.9 Å². The van der Waals surface area contributed by atoms with Crippen LogP contribution >= 0.6 is 0 Å². The molecule has 1 aliphatic rings. The molecule has 0 saturated carbocycles. The van der Waals surface area contributed by atoms with Crippen LogP contribution in [-0.4, -0.2) is 71.9 Å². The lowest BCUT2D eigenvalue weighted by Crippen LogP contribution is -2.47. The zero-order valence-corrected chi connectivity index (χ0v) is 38.7. The van der Waals surface area contributed by atoms with Crippen LogP contribution in [0, 0.1) is 18.2 Å². The van der Waals surface area contributed by atoms with E-state index in [1.54, 1.807) is 18.2 Å². The van der Waals surface area contributed by atoms with Gasteiger partial charge in [-0.2, -0.15) is 0 Å². The van der Waals surface area contributed by atoms with E-state index in [9.17, 15) is 0 Å². The number of anilines is 4. The van der Waals surface area contributed by atoms with Crippen LogP contribution in [-0.2, 0) is 13.0 Å². The topological polar surface area (TPSA) is 96.8 Å². The van der Waals surface area contributed by atoms with Gasteiger partial charge in [0.15, 0.2) is 0 Å². The van der Waals surface area contributed by atoms with Crippen LogP contribution in [0.15, 0.2) is 133 Å². The van der Waals surface area contributed by atoms with Crippen LogP contribution in [0.5, 0.6) is 0 Å². The Morgan fingerprint density at radius 3 is 2.26 bits per heavy atom. The number of hydrogen-bond acceptors (Lipinski definition) is 10. The molecule has 1 fully saturated rings. The summed E-state index contributed by atoms with van der Waals surface area (Å²) < 4.78 is 15.7. The van der Waals surface area contributed by atoms with Crippen molar-refractivity contribution < 1.29 is 4.39 Å². The second-order valence-corrected chi connectivity index (χ2v) is 15.9. The Kier molecular flexibility index (Phi) is 18.7. The number of allylic oxidation sites excluding steroid dienone is 4. The summed E-state index contributed by atoms with van der Waals surface area (Å²) in [6.45, 7) is 34.3. The molecule has 5 rings (SSSR count). The van der Waals surface area contributed by atoms with Crippen molar-refractivity contribution in [3.8, 4) is 11.3 Å². The number of nitrogens with one attached hydrogen (secondary N) is 3. The van der Waals surface area contributed by atoms with Crippen LogP contribution in [0.1, 0.15) is 71.6 Å². The number of nitrogens with zero attached hydrogens (tertiary/aromatic N) is 7. The van der Waals surface area contributed by atoms with Crippen molar-refractivity contribution in [1.29, 1.82) is 0 Å². The standard InChI is InChI=1S/C49H63FN10.C2H6/c1-11-15-23-60(48(14-4)51-10)39-18-16-37(17-19-39)22-24-58-25-27-59(28-26-58)40-20-21-46(53-33-40)57-47-31-45(54-34-55-47)41-29-35(5)38(30-42(41)50)32-52-43(12-2)44(13-3)56-36(6)49(7,8)9;1-2/h11-14,16-21,29-31,33-34,51-52H,1,3,6,15,22-28,32H2,2,4-5,7-10H3,(H,53,54,55,57);1-2H3/b43-12+,48-14+,56-44?;. The van der Waals surface area contributed by atoms with Crippen molar-refractivity contribution in [3.05, 3.63) is 151 Å². The fourth-order valence-electron chi connectivity index (χ4n) is 6.92. The minimum absolute atomic E-state index is 0.174. The second-order valence-electron chi connectivity index (χ2n) is 15.9. The lowest BCUT2D eigenvalue weighted by Gasteiger charge is -2.36. The van der Waals surface area contributed by atoms with E-state index < -0.39 is 0 Å². The zero-order valence-electron chi connectivity index (χ0n) is 38.7. The number of pyridine rings is 1. The summed E-state index contributed by atoms with van der Waals surface area (Å²) >= 11 is 0. The van der Waals surface area contributed by atoms with Crippen molar-refractivity contribution >= 4 is 28.7 Å². The Balaban J connectivity index is 0.00000416. The molecule has 3 N–H and O–H groups in total. The van der Waals surface area contributed by atoms with Crippen molar-refractivity contribution in [2.24, 2.45) is 10.4 Å². The van der Waals surface area contributed by atoms with Crippen LogP contribution < -0.4 is 25.8 Å². The Bertz CT molecular complexity index is 2170. The monoisotopic (exact) mass is 841 g/mol. The molecule has 0 aliphatic carbocycles. The number of aromatic nitrogens is 3. The molecule has 0 bridgehead atoms. The van der Waals surface area contributed by atoms with Gasteiger partial charge in [0.1, 0.15) is 29.6 Å². The van der Waals surface area contributed by atoms with Crippen LogP contribution in [0.2, 0.25) is 0 Å².